The van der Waals surface area contributed by atoms with E-state index in [1.807, 2.05) is 29.2 Å². The van der Waals surface area contributed by atoms with Crippen molar-refractivity contribution in [1.29, 1.82) is 0 Å². The summed E-state index contributed by atoms with van der Waals surface area (Å²) in [4.78, 5) is 26.7. The molecule has 138 valence electrons. The lowest BCUT2D eigenvalue weighted by Crippen LogP contribution is -2.42. The summed E-state index contributed by atoms with van der Waals surface area (Å²) >= 11 is 0. The van der Waals surface area contributed by atoms with Crippen molar-refractivity contribution in [2.75, 3.05) is 20.2 Å². The van der Waals surface area contributed by atoms with E-state index in [1.54, 1.807) is 19.2 Å². The van der Waals surface area contributed by atoms with E-state index in [9.17, 15) is 9.59 Å². The molecule has 2 amide bonds. The number of carbonyl (C=O) groups is 2. The number of rotatable bonds is 5. The number of likely N-dealkylation sites (tertiary alicyclic amines) is 1. The van der Waals surface area contributed by atoms with Gasteiger partial charge in [0.2, 0.25) is 5.91 Å². The molecule has 0 aliphatic carbocycles. The Morgan fingerprint density at radius 2 is 2.00 bits per heavy atom. The van der Waals surface area contributed by atoms with Crippen molar-refractivity contribution in [3.8, 4) is 5.75 Å². The lowest BCUT2D eigenvalue weighted by atomic mass is 10.0. The maximum Gasteiger partial charge on any atom is 0.287 e. The van der Waals surface area contributed by atoms with Gasteiger partial charge in [-0.3, -0.25) is 9.59 Å². The molecule has 0 unspecified atom stereocenters. The van der Waals surface area contributed by atoms with Gasteiger partial charge in [-0.05, 0) is 42.7 Å². The summed E-state index contributed by atoms with van der Waals surface area (Å²) in [5, 5.41) is 2.65. The third kappa shape index (κ3) is 4.25. The highest BCUT2D eigenvalue weighted by Crippen LogP contribution is 2.31. The van der Waals surface area contributed by atoms with Gasteiger partial charge in [0.05, 0.1) is 26.0 Å². The number of hydrogen-bond donors (Lipinski definition) is 1. The van der Waals surface area contributed by atoms with Crippen molar-refractivity contribution in [3.63, 3.8) is 0 Å². The number of hydrogen-bond acceptors (Lipinski definition) is 4. The van der Waals surface area contributed by atoms with E-state index in [0.29, 0.717) is 6.54 Å². The fourth-order valence-electron chi connectivity index (χ4n) is 3.33. The second-order valence-corrected chi connectivity index (χ2v) is 6.39. The predicted octanol–water partition coefficient (Wildman–Crippen LogP) is 3.16. The molecule has 1 aromatic carbocycles. The van der Waals surface area contributed by atoms with E-state index in [0.717, 1.165) is 37.0 Å². The number of benzene rings is 1. The Kier molecular flexibility index (Phi) is 5.94. The summed E-state index contributed by atoms with van der Waals surface area (Å²) in [7, 11) is 1.64. The van der Waals surface area contributed by atoms with E-state index in [1.165, 1.54) is 6.26 Å². The summed E-state index contributed by atoms with van der Waals surface area (Å²) in [6.45, 7) is 0.665. The number of furan rings is 1. The Labute approximate surface area is 153 Å². The van der Waals surface area contributed by atoms with E-state index >= 15 is 0 Å². The first-order valence-electron chi connectivity index (χ1n) is 8.94. The molecule has 26 heavy (non-hydrogen) atoms. The molecule has 0 radical (unpaired) electrons. The Bertz CT molecular complexity index is 725. The van der Waals surface area contributed by atoms with Gasteiger partial charge in [0.1, 0.15) is 5.75 Å². The molecule has 1 N–H and O–H groups in total. The fraction of sp³-hybridized carbons (Fsp3) is 0.400. The molecular formula is C20H24N2O4. The molecule has 2 aromatic rings. The number of carbonyl (C=O) groups excluding carboxylic acids is 2. The van der Waals surface area contributed by atoms with Crippen molar-refractivity contribution >= 4 is 11.8 Å². The molecule has 6 heteroatoms. The van der Waals surface area contributed by atoms with Crippen molar-refractivity contribution < 1.29 is 18.7 Å². The molecule has 1 atom stereocenters. The molecule has 2 heterocycles. The van der Waals surface area contributed by atoms with Gasteiger partial charge < -0.3 is 19.4 Å². The first-order valence-corrected chi connectivity index (χ1v) is 8.94. The quantitative estimate of drug-likeness (QED) is 0.893. The first-order chi connectivity index (χ1) is 12.7. The van der Waals surface area contributed by atoms with Crippen LogP contribution in [-0.4, -0.2) is 36.9 Å². The number of methoxy groups -OCH3 is 1. The number of amides is 2. The lowest BCUT2D eigenvalue weighted by Gasteiger charge is -2.30. The van der Waals surface area contributed by atoms with Gasteiger partial charge in [-0.1, -0.05) is 25.0 Å². The Hall–Kier alpha value is -2.76. The Balaban J connectivity index is 1.69. The first kappa shape index (κ1) is 18.0. The van der Waals surface area contributed by atoms with Crippen LogP contribution in [0, 0.1) is 0 Å². The topological polar surface area (TPSA) is 71.8 Å². The van der Waals surface area contributed by atoms with Crippen molar-refractivity contribution in [3.05, 3.63) is 54.0 Å². The van der Waals surface area contributed by atoms with Gasteiger partial charge in [-0.15, -0.1) is 0 Å². The van der Waals surface area contributed by atoms with Gasteiger partial charge in [-0.2, -0.15) is 0 Å². The minimum Gasteiger partial charge on any atom is -0.497 e. The van der Waals surface area contributed by atoms with E-state index in [2.05, 4.69) is 5.32 Å². The molecule has 6 nitrogen and oxygen atoms in total. The zero-order chi connectivity index (χ0) is 18.4. The summed E-state index contributed by atoms with van der Waals surface area (Å²) in [6, 6.07) is 11.1. The van der Waals surface area contributed by atoms with Gasteiger partial charge in [-0.25, -0.2) is 0 Å². The fourth-order valence-corrected chi connectivity index (χ4v) is 3.33. The van der Waals surface area contributed by atoms with Crippen LogP contribution in [0.4, 0.5) is 0 Å². The molecule has 1 fully saturated rings. The van der Waals surface area contributed by atoms with Crippen LogP contribution in [0.25, 0.3) is 0 Å². The average Bonchev–Trinajstić information content (AvgIpc) is 3.11. The van der Waals surface area contributed by atoms with Crippen LogP contribution in [-0.2, 0) is 4.79 Å². The van der Waals surface area contributed by atoms with Gasteiger partial charge in [0.25, 0.3) is 5.91 Å². The van der Waals surface area contributed by atoms with Crippen LogP contribution >= 0.6 is 0 Å². The molecule has 3 rings (SSSR count). The van der Waals surface area contributed by atoms with Crippen molar-refractivity contribution in [1.82, 2.24) is 10.2 Å². The smallest absolute Gasteiger partial charge is 0.287 e. The zero-order valence-corrected chi connectivity index (χ0v) is 14.9. The summed E-state index contributed by atoms with van der Waals surface area (Å²) in [6.07, 6.45) is 5.52. The highest BCUT2D eigenvalue weighted by Gasteiger charge is 2.27. The van der Waals surface area contributed by atoms with Crippen LogP contribution in [0.1, 0.15) is 47.8 Å². The highest BCUT2D eigenvalue weighted by atomic mass is 16.5. The highest BCUT2D eigenvalue weighted by molar-refractivity contribution is 5.94. The normalized spacial score (nSPS) is 17.4. The molecular weight excluding hydrogens is 332 g/mol. The molecule has 0 bridgehead atoms. The maximum absolute atomic E-state index is 12.8. The summed E-state index contributed by atoms with van der Waals surface area (Å²) < 4.78 is 10.3. The van der Waals surface area contributed by atoms with Crippen LogP contribution < -0.4 is 10.1 Å². The SMILES string of the molecule is COc1ccc([C@H]2CCCCCN2C(=O)CNC(=O)c2ccco2)cc1. The van der Waals surface area contributed by atoms with Gasteiger partial charge >= 0.3 is 0 Å². The summed E-state index contributed by atoms with van der Waals surface area (Å²) in [5.74, 6) is 0.554. The van der Waals surface area contributed by atoms with Crippen molar-refractivity contribution in [2.24, 2.45) is 0 Å². The third-order valence-electron chi connectivity index (χ3n) is 4.72. The van der Waals surface area contributed by atoms with Crippen LogP contribution in [0.5, 0.6) is 5.75 Å². The predicted molar refractivity (Wildman–Crippen MR) is 97.0 cm³/mol. The van der Waals surface area contributed by atoms with Crippen LogP contribution in [0.15, 0.2) is 47.1 Å². The second-order valence-electron chi connectivity index (χ2n) is 6.39. The Morgan fingerprint density at radius 3 is 2.69 bits per heavy atom. The molecule has 1 aromatic heterocycles. The average molecular weight is 356 g/mol. The summed E-state index contributed by atoms with van der Waals surface area (Å²) in [5.41, 5.74) is 1.10. The number of nitrogens with zero attached hydrogens (tertiary/aromatic N) is 1. The number of nitrogens with one attached hydrogen (secondary N) is 1. The molecule has 0 saturated carbocycles. The van der Waals surface area contributed by atoms with Crippen LogP contribution in [0.2, 0.25) is 0 Å². The monoisotopic (exact) mass is 356 g/mol. The molecule has 0 spiro atoms. The molecule has 1 aliphatic rings. The molecule has 1 saturated heterocycles. The largest absolute Gasteiger partial charge is 0.497 e. The second kappa shape index (κ2) is 8.56. The van der Waals surface area contributed by atoms with Crippen LogP contribution in [0.3, 0.4) is 0 Å². The minimum atomic E-state index is -0.376. The van der Waals surface area contributed by atoms with E-state index in [-0.39, 0.29) is 30.2 Å². The van der Waals surface area contributed by atoms with Gasteiger partial charge in [0, 0.05) is 6.54 Å². The lowest BCUT2D eigenvalue weighted by molar-refractivity contribution is -0.132. The minimum absolute atomic E-state index is 0.0245. The standard InChI is InChI=1S/C20H24N2O4/c1-25-16-10-8-15(9-11-16)17-6-3-2-4-12-22(17)19(23)14-21-20(24)18-7-5-13-26-18/h5,7-11,13,17H,2-4,6,12,14H2,1H3,(H,21,24)/t17-/m1/s1. The van der Waals surface area contributed by atoms with Crippen molar-refractivity contribution in [2.45, 2.75) is 31.7 Å². The van der Waals surface area contributed by atoms with E-state index < -0.39 is 0 Å². The number of ether oxygens (including phenoxy) is 1. The maximum atomic E-state index is 12.8. The third-order valence-corrected chi connectivity index (χ3v) is 4.72. The van der Waals surface area contributed by atoms with Gasteiger partial charge in [0.15, 0.2) is 5.76 Å². The Morgan fingerprint density at radius 1 is 1.19 bits per heavy atom. The van der Waals surface area contributed by atoms with E-state index in [4.69, 9.17) is 9.15 Å². The zero-order valence-electron chi connectivity index (χ0n) is 14.9. The molecule has 1 aliphatic heterocycles.